The van der Waals surface area contributed by atoms with Crippen molar-refractivity contribution in [3.63, 3.8) is 0 Å². The Balaban J connectivity index is 2.32. The lowest BCUT2D eigenvalue weighted by atomic mass is 10.1. The molecular weight excluding hydrogens is 376 g/mol. The van der Waals surface area contributed by atoms with Crippen molar-refractivity contribution in [2.75, 3.05) is 12.4 Å². The van der Waals surface area contributed by atoms with Crippen LogP contribution in [0, 0.1) is 22.0 Å². The molecule has 0 aliphatic rings. The number of carbonyl (C=O) groups excluding carboxylic acids is 2. The smallest absolute Gasteiger partial charge is 0.412 e. The van der Waals surface area contributed by atoms with E-state index in [1.807, 2.05) is 0 Å². The van der Waals surface area contributed by atoms with Crippen molar-refractivity contribution in [2.45, 2.75) is 26.4 Å². The van der Waals surface area contributed by atoms with E-state index in [1.165, 1.54) is 25.3 Å². The molecule has 0 aliphatic heterocycles. The molecule has 2 rings (SSSR count). The average Bonchev–Trinajstić information content (AvgIpc) is 2.64. The van der Waals surface area contributed by atoms with Crippen LogP contribution in [0.15, 0.2) is 42.5 Å². The molecule has 2 aromatic rings. The van der Waals surface area contributed by atoms with Crippen LogP contribution in [0.1, 0.15) is 42.3 Å². The van der Waals surface area contributed by atoms with Gasteiger partial charge in [0.1, 0.15) is 5.60 Å². The molecule has 0 saturated heterocycles. The van der Waals surface area contributed by atoms with E-state index in [2.05, 4.69) is 17.2 Å². The summed E-state index contributed by atoms with van der Waals surface area (Å²) in [7, 11) is 1.22. The number of anilines is 1. The second-order valence-electron chi connectivity index (χ2n) is 6.94. The summed E-state index contributed by atoms with van der Waals surface area (Å²) in [6.07, 6.45) is -0.603. The van der Waals surface area contributed by atoms with Crippen LogP contribution in [-0.2, 0) is 9.47 Å². The largest absolute Gasteiger partial charge is 0.465 e. The van der Waals surface area contributed by atoms with E-state index in [4.69, 9.17) is 9.47 Å². The Morgan fingerprint density at radius 1 is 1.10 bits per heavy atom. The molecule has 0 bridgehead atoms. The zero-order valence-electron chi connectivity index (χ0n) is 16.4. The maximum atomic E-state index is 11.9. The highest BCUT2D eigenvalue weighted by Crippen LogP contribution is 2.19. The standard InChI is InChI=1S/C21H20N2O6/c1-21(2,3)29-20(25)22-16-7-5-6-14(12-16)8-9-15-13-17(23(26)27)10-11-18(15)19(24)28-4/h5-7,10-13H,1-4H3,(H,22,25). The lowest BCUT2D eigenvalue weighted by Crippen LogP contribution is -2.27. The summed E-state index contributed by atoms with van der Waals surface area (Å²) in [5, 5.41) is 13.6. The zero-order valence-corrected chi connectivity index (χ0v) is 16.4. The van der Waals surface area contributed by atoms with E-state index >= 15 is 0 Å². The number of hydrogen-bond acceptors (Lipinski definition) is 6. The van der Waals surface area contributed by atoms with Gasteiger partial charge in [-0.3, -0.25) is 15.4 Å². The van der Waals surface area contributed by atoms with Gasteiger partial charge in [0, 0.05) is 28.9 Å². The van der Waals surface area contributed by atoms with Gasteiger partial charge in [-0.1, -0.05) is 17.9 Å². The monoisotopic (exact) mass is 396 g/mol. The van der Waals surface area contributed by atoms with E-state index < -0.39 is 22.6 Å². The molecule has 0 spiro atoms. The molecule has 8 heteroatoms. The number of methoxy groups -OCH3 is 1. The van der Waals surface area contributed by atoms with Crippen LogP contribution in [0.4, 0.5) is 16.2 Å². The van der Waals surface area contributed by atoms with Crippen molar-refractivity contribution in [3.8, 4) is 11.8 Å². The van der Waals surface area contributed by atoms with Crippen molar-refractivity contribution in [1.29, 1.82) is 0 Å². The quantitative estimate of drug-likeness (QED) is 0.362. The lowest BCUT2D eigenvalue weighted by molar-refractivity contribution is -0.384. The minimum atomic E-state index is -0.649. The predicted octanol–water partition coefficient (Wildman–Crippen LogP) is 4.13. The van der Waals surface area contributed by atoms with E-state index in [1.54, 1.807) is 45.0 Å². The molecule has 0 atom stereocenters. The molecule has 0 saturated carbocycles. The molecule has 2 aromatic carbocycles. The highest BCUT2D eigenvalue weighted by atomic mass is 16.6. The SMILES string of the molecule is COC(=O)c1ccc([N+](=O)[O-])cc1C#Cc1cccc(NC(=O)OC(C)(C)C)c1. The summed E-state index contributed by atoms with van der Waals surface area (Å²) in [5.74, 6) is 4.95. The topological polar surface area (TPSA) is 108 Å². The molecule has 0 unspecified atom stereocenters. The van der Waals surface area contributed by atoms with Crippen LogP contribution in [0.5, 0.6) is 0 Å². The van der Waals surface area contributed by atoms with Crippen molar-refractivity contribution >= 4 is 23.4 Å². The van der Waals surface area contributed by atoms with E-state index in [-0.39, 0.29) is 16.8 Å². The van der Waals surface area contributed by atoms with Gasteiger partial charge >= 0.3 is 12.1 Å². The van der Waals surface area contributed by atoms with Crippen molar-refractivity contribution < 1.29 is 24.0 Å². The molecule has 8 nitrogen and oxygen atoms in total. The first-order valence-corrected chi connectivity index (χ1v) is 8.58. The molecule has 29 heavy (non-hydrogen) atoms. The number of nitro benzene ring substituents is 1. The first-order chi connectivity index (χ1) is 13.6. The molecule has 1 amide bonds. The van der Waals surface area contributed by atoms with Gasteiger partial charge in [-0.05, 0) is 45.0 Å². The molecule has 0 radical (unpaired) electrons. The van der Waals surface area contributed by atoms with Crippen LogP contribution in [-0.4, -0.2) is 29.7 Å². The summed E-state index contributed by atoms with van der Waals surface area (Å²) in [4.78, 5) is 34.2. The Bertz CT molecular complexity index is 1010. The Morgan fingerprint density at radius 2 is 1.83 bits per heavy atom. The van der Waals surface area contributed by atoms with Gasteiger partial charge in [-0.25, -0.2) is 9.59 Å². The Morgan fingerprint density at radius 3 is 2.45 bits per heavy atom. The average molecular weight is 396 g/mol. The van der Waals surface area contributed by atoms with Crippen molar-refractivity contribution in [1.82, 2.24) is 0 Å². The van der Waals surface area contributed by atoms with E-state index in [9.17, 15) is 19.7 Å². The molecule has 0 fully saturated rings. The highest BCUT2D eigenvalue weighted by Gasteiger charge is 2.17. The number of amides is 1. The summed E-state index contributed by atoms with van der Waals surface area (Å²) in [6, 6.07) is 10.4. The van der Waals surface area contributed by atoms with Gasteiger partial charge < -0.3 is 9.47 Å². The zero-order chi connectivity index (χ0) is 21.6. The second kappa shape index (κ2) is 8.89. The summed E-state index contributed by atoms with van der Waals surface area (Å²) in [6.45, 7) is 5.27. The summed E-state index contributed by atoms with van der Waals surface area (Å²) >= 11 is 0. The third-order valence-electron chi connectivity index (χ3n) is 3.47. The fourth-order valence-corrected chi connectivity index (χ4v) is 2.27. The van der Waals surface area contributed by atoms with Crippen LogP contribution < -0.4 is 5.32 Å². The summed E-state index contributed by atoms with van der Waals surface area (Å²) < 4.78 is 9.89. The fraction of sp³-hybridized carbons (Fsp3) is 0.238. The Hall–Kier alpha value is -3.86. The van der Waals surface area contributed by atoms with Crippen molar-refractivity contribution in [2.24, 2.45) is 0 Å². The maximum Gasteiger partial charge on any atom is 0.412 e. The summed E-state index contributed by atoms with van der Waals surface area (Å²) in [5.41, 5.74) is 0.458. The number of carbonyl (C=O) groups is 2. The highest BCUT2D eigenvalue weighted by molar-refractivity contribution is 5.92. The van der Waals surface area contributed by atoms with Crippen LogP contribution >= 0.6 is 0 Å². The number of nitrogens with one attached hydrogen (secondary N) is 1. The fourth-order valence-electron chi connectivity index (χ4n) is 2.27. The number of benzene rings is 2. The normalized spacial score (nSPS) is 10.3. The van der Waals surface area contributed by atoms with Crippen LogP contribution in [0.25, 0.3) is 0 Å². The van der Waals surface area contributed by atoms with Gasteiger partial charge in [-0.15, -0.1) is 0 Å². The van der Waals surface area contributed by atoms with Crippen LogP contribution in [0.2, 0.25) is 0 Å². The number of rotatable bonds is 3. The Kier molecular flexibility index (Phi) is 6.57. The second-order valence-corrected chi connectivity index (χ2v) is 6.94. The van der Waals surface area contributed by atoms with Gasteiger partial charge in [0.15, 0.2) is 0 Å². The van der Waals surface area contributed by atoms with E-state index in [0.717, 1.165) is 0 Å². The first-order valence-electron chi connectivity index (χ1n) is 8.58. The molecule has 150 valence electrons. The van der Waals surface area contributed by atoms with Crippen molar-refractivity contribution in [3.05, 3.63) is 69.3 Å². The molecule has 0 aliphatic carbocycles. The number of esters is 1. The molecule has 0 heterocycles. The molecule has 0 aromatic heterocycles. The number of ether oxygens (including phenoxy) is 2. The molecule has 1 N–H and O–H groups in total. The maximum absolute atomic E-state index is 11.9. The number of nitrogens with zero attached hydrogens (tertiary/aromatic N) is 1. The number of non-ortho nitro benzene ring substituents is 1. The predicted molar refractivity (Wildman–Crippen MR) is 107 cm³/mol. The van der Waals surface area contributed by atoms with E-state index in [0.29, 0.717) is 11.3 Å². The first kappa shape index (κ1) is 21.4. The third-order valence-corrected chi connectivity index (χ3v) is 3.47. The lowest BCUT2D eigenvalue weighted by Gasteiger charge is -2.19. The van der Waals surface area contributed by atoms with Gasteiger partial charge in [-0.2, -0.15) is 0 Å². The van der Waals surface area contributed by atoms with Gasteiger partial charge in [0.05, 0.1) is 17.6 Å². The Labute approximate surface area is 168 Å². The molecular formula is C21H20N2O6. The van der Waals surface area contributed by atoms with Gasteiger partial charge in [0.25, 0.3) is 5.69 Å². The number of nitro groups is 1. The third kappa shape index (κ3) is 6.36. The number of hydrogen-bond donors (Lipinski definition) is 1. The minimum Gasteiger partial charge on any atom is -0.465 e. The van der Waals surface area contributed by atoms with Crippen LogP contribution in [0.3, 0.4) is 0 Å². The van der Waals surface area contributed by atoms with Gasteiger partial charge in [0.2, 0.25) is 0 Å². The minimum absolute atomic E-state index is 0.119.